The topological polar surface area (TPSA) is 80.4 Å². The number of ketones is 1. The first kappa shape index (κ1) is 9.18. The lowest BCUT2D eigenvalue weighted by molar-refractivity contribution is -0.386. The summed E-state index contributed by atoms with van der Waals surface area (Å²) in [7, 11) is 0. The predicted molar refractivity (Wildman–Crippen MR) is 44.8 cm³/mol. The molecular formula is C8H7NO4. The van der Waals surface area contributed by atoms with E-state index in [4.69, 9.17) is 5.11 Å². The van der Waals surface area contributed by atoms with Crippen LogP contribution in [0.2, 0.25) is 0 Å². The highest BCUT2D eigenvalue weighted by Crippen LogP contribution is 2.29. The van der Waals surface area contributed by atoms with Crippen molar-refractivity contribution in [1.29, 1.82) is 0 Å². The minimum atomic E-state index is -0.772. The summed E-state index contributed by atoms with van der Waals surface area (Å²) in [5.74, 6) is -0.930. The second-order valence-electron chi connectivity index (χ2n) is 2.49. The molecule has 1 rings (SSSR count). The van der Waals surface area contributed by atoms with Gasteiger partial charge in [0.15, 0.2) is 11.5 Å². The molecule has 0 aliphatic heterocycles. The van der Waals surface area contributed by atoms with Crippen LogP contribution >= 0.6 is 0 Å². The Morgan fingerprint density at radius 1 is 1.54 bits per heavy atom. The number of benzene rings is 1. The molecule has 0 spiro atoms. The van der Waals surface area contributed by atoms with Gasteiger partial charge in [-0.15, -0.1) is 0 Å². The Kier molecular flexibility index (Phi) is 2.27. The van der Waals surface area contributed by atoms with Crippen molar-refractivity contribution < 1.29 is 14.8 Å². The van der Waals surface area contributed by atoms with Crippen molar-refractivity contribution in [3.05, 3.63) is 33.9 Å². The Hall–Kier alpha value is -1.91. The van der Waals surface area contributed by atoms with Gasteiger partial charge in [-0.1, -0.05) is 6.07 Å². The van der Waals surface area contributed by atoms with Gasteiger partial charge in [-0.25, -0.2) is 0 Å². The average Bonchev–Trinajstić information content (AvgIpc) is 2.02. The van der Waals surface area contributed by atoms with Gasteiger partial charge >= 0.3 is 5.69 Å². The van der Waals surface area contributed by atoms with E-state index in [1.165, 1.54) is 25.1 Å². The summed E-state index contributed by atoms with van der Waals surface area (Å²) >= 11 is 0. The molecule has 13 heavy (non-hydrogen) atoms. The first-order chi connectivity index (χ1) is 6.04. The minimum absolute atomic E-state index is 0.0787. The zero-order valence-corrected chi connectivity index (χ0v) is 6.85. The zero-order valence-electron chi connectivity index (χ0n) is 6.85. The van der Waals surface area contributed by atoms with Gasteiger partial charge in [0, 0.05) is 0 Å². The van der Waals surface area contributed by atoms with Crippen LogP contribution in [0.15, 0.2) is 18.2 Å². The smallest absolute Gasteiger partial charge is 0.321 e. The van der Waals surface area contributed by atoms with E-state index < -0.39 is 22.1 Å². The fraction of sp³-hybridized carbons (Fsp3) is 0.125. The van der Waals surface area contributed by atoms with Crippen LogP contribution in [0.5, 0.6) is 5.75 Å². The molecule has 0 atom stereocenters. The Morgan fingerprint density at radius 3 is 2.54 bits per heavy atom. The standard InChI is InChI=1S/C8H7NO4/c1-5(10)6-3-2-4-7(11)8(6)9(12)13/h2-4,11H,1H3. The third kappa shape index (κ3) is 1.64. The number of aromatic hydroxyl groups is 1. The van der Waals surface area contributed by atoms with Gasteiger partial charge in [0.05, 0.1) is 10.5 Å². The number of phenolic OH excluding ortho intramolecular Hbond substituents is 1. The monoisotopic (exact) mass is 181 g/mol. The molecule has 0 saturated heterocycles. The van der Waals surface area contributed by atoms with E-state index in [0.717, 1.165) is 0 Å². The minimum Gasteiger partial charge on any atom is -0.502 e. The Morgan fingerprint density at radius 2 is 2.15 bits per heavy atom. The SMILES string of the molecule is CC(=O)c1cccc(O)c1[N+](=O)[O-]. The van der Waals surface area contributed by atoms with Crippen LogP contribution in [0.25, 0.3) is 0 Å². The average molecular weight is 181 g/mol. The summed E-state index contributed by atoms with van der Waals surface area (Å²) in [6, 6.07) is 3.86. The molecule has 1 aromatic rings. The first-order valence-corrected chi connectivity index (χ1v) is 3.51. The zero-order chi connectivity index (χ0) is 10.0. The van der Waals surface area contributed by atoms with E-state index in [-0.39, 0.29) is 5.56 Å². The maximum Gasteiger partial charge on any atom is 0.321 e. The summed E-state index contributed by atoms with van der Waals surface area (Å²) in [6.07, 6.45) is 0. The highest BCUT2D eigenvalue weighted by atomic mass is 16.6. The summed E-state index contributed by atoms with van der Waals surface area (Å²) in [5, 5.41) is 19.6. The molecule has 1 aromatic carbocycles. The molecule has 0 bridgehead atoms. The third-order valence-corrected chi connectivity index (χ3v) is 1.58. The van der Waals surface area contributed by atoms with Crippen LogP contribution in [0.3, 0.4) is 0 Å². The summed E-state index contributed by atoms with van der Waals surface area (Å²) in [6.45, 7) is 1.21. The van der Waals surface area contributed by atoms with E-state index in [2.05, 4.69) is 0 Å². The van der Waals surface area contributed by atoms with E-state index in [0.29, 0.717) is 0 Å². The van der Waals surface area contributed by atoms with Crippen LogP contribution in [-0.4, -0.2) is 15.8 Å². The number of rotatable bonds is 2. The molecule has 68 valence electrons. The van der Waals surface area contributed by atoms with Crippen LogP contribution in [-0.2, 0) is 0 Å². The molecule has 0 saturated carbocycles. The van der Waals surface area contributed by atoms with Gasteiger partial charge in [-0.2, -0.15) is 0 Å². The highest BCUT2D eigenvalue weighted by Gasteiger charge is 2.21. The molecule has 0 heterocycles. The maximum atomic E-state index is 10.9. The lowest BCUT2D eigenvalue weighted by Crippen LogP contribution is -1.99. The number of nitrogens with zero attached hydrogens (tertiary/aromatic N) is 1. The molecule has 5 heteroatoms. The number of carbonyl (C=O) groups excluding carboxylic acids is 1. The Bertz CT molecular complexity index is 372. The number of phenols is 1. The van der Waals surface area contributed by atoms with Gasteiger partial charge in [-0.3, -0.25) is 14.9 Å². The van der Waals surface area contributed by atoms with Gasteiger partial charge in [0.1, 0.15) is 0 Å². The van der Waals surface area contributed by atoms with Crippen molar-refractivity contribution >= 4 is 11.5 Å². The third-order valence-electron chi connectivity index (χ3n) is 1.58. The Balaban J connectivity index is 3.43. The number of hydrogen-bond acceptors (Lipinski definition) is 4. The lowest BCUT2D eigenvalue weighted by Gasteiger charge is -1.99. The molecule has 0 amide bonds. The maximum absolute atomic E-state index is 10.9. The predicted octanol–water partition coefficient (Wildman–Crippen LogP) is 1.50. The van der Waals surface area contributed by atoms with Crippen molar-refractivity contribution in [2.24, 2.45) is 0 Å². The number of para-hydroxylation sites is 1. The van der Waals surface area contributed by atoms with Crippen molar-refractivity contribution in [3.8, 4) is 5.75 Å². The molecule has 0 aliphatic carbocycles. The molecule has 0 unspecified atom stereocenters. The quantitative estimate of drug-likeness (QED) is 0.426. The van der Waals surface area contributed by atoms with E-state index in [9.17, 15) is 14.9 Å². The number of nitro benzene ring substituents is 1. The number of carbonyl (C=O) groups is 1. The number of nitro groups is 1. The number of Topliss-reactive ketones (excluding diaryl/α,β-unsaturated/α-hetero) is 1. The largest absolute Gasteiger partial charge is 0.502 e. The van der Waals surface area contributed by atoms with Crippen molar-refractivity contribution in [2.75, 3.05) is 0 Å². The van der Waals surface area contributed by atoms with Crippen LogP contribution in [0.4, 0.5) is 5.69 Å². The van der Waals surface area contributed by atoms with E-state index >= 15 is 0 Å². The second kappa shape index (κ2) is 3.22. The second-order valence-corrected chi connectivity index (χ2v) is 2.49. The fourth-order valence-electron chi connectivity index (χ4n) is 1.01. The van der Waals surface area contributed by atoms with E-state index in [1.807, 2.05) is 0 Å². The highest BCUT2D eigenvalue weighted by molar-refractivity contribution is 5.99. The lowest BCUT2D eigenvalue weighted by atomic mass is 10.1. The van der Waals surface area contributed by atoms with Crippen LogP contribution in [0, 0.1) is 10.1 Å². The molecule has 0 aromatic heterocycles. The molecule has 0 aliphatic rings. The summed E-state index contributed by atoms with van der Waals surface area (Å²) < 4.78 is 0. The fourth-order valence-corrected chi connectivity index (χ4v) is 1.01. The van der Waals surface area contributed by atoms with E-state index in [1.54, 1.807) is 0 Å². The van der Waals surface area contributed by atoms with Crippen molar-refractivity contribution in [2.45, 2.75) is 6.92 Å². The van der Waals surface area contributed by atoms with Crippen molar-refractivity contribution in [1.82, 2.24) is 0 Å². The molecule has 0 fully saturated rings. The summed E-state index contributed by atoms with van der Waals surface area (Å²) in [4.78, 5) is 20.6. The molecule has 1 N–H and O–H groups in total. The van der Waals surface area contributed by atoms with Crippen LogP contribution < -0.4 is 0 Å². The Labute approximate surface area is 73.8 Å². The normalized spacial score (nSPS) is 9.62. The summed E-state index contributed by atoms with van der Waals surface area (Å²) in [5.41, 5.74) is -0.611. The van der Waals surface area contributed by atoms with Gasteiger partial charge in [0.2, 0.25) is 0 Å². The molecule has 5 nitrogen and oxygen atoms in total. The van der Waals surface area contributed by atoms with Gasteiger partial charge < -0.3 is 5.11 Å². The van der Waals surface area contributed by atoms with Crippen LogP contribution in [0.1, 0.15) is 17.3 Å². The molecule has 0 radical (unpaired) electrons. The van der Waals surface area contributed by atoms with Crippen molar-refractivity contribution in [3.63, 3.8) is 0 Å². The number of hydrogen-bond donors (Lipinski definition) is 1. The van der Waals surface area contributed by atoms with Gasteiger partial charge in [0.25, 0.3) is 0 Å². The molecular weight excluding hydrogens is 174 g/mol. The first-order valence-electron chi connectivity index (χ1n) is 3.51. The van der Waals surface area contributed by atoms with Gasteiger partial charge in [-0.05, 0) is 19.1 Å².